The summed E-state index contributed by atoms with van der Waals surface area (Å²) in [5.74, 6) is -0.311. The number of nitrogens with one attached hydrogen (secondary N) is 1. The van der Waals surface area contributed by atoms with Gasteiger partial charge in [0.25, 0.3) is 0 Å². The Morgan fingerprint density at radius 2 is 2.05 bits per heavy atom. The molecule has 0 aliphatic rings. The standard InChI is InChI=1S/C14H13FN2O2S/c15-11-1-3-12(4-2-11)20-9-14(19)17-13-7-16-6-5-10(13)8-18/h1-7,18H,8-9H2,(H,17,19). The van der Waals surface area contributed by atoms with E-state index in [-0.39, 0.29) is 24.1 Å². The lowest BCUT2D eigenvalue weighted by atomic mass is 10.2. The minimum absolute atomic E-state index is 0.163. The maximum Gasteiger partial charge on any atom is 0.234 e. The van der Waals surface area contributed by atoms with Crippen LogP contribution >= 0.6 is 11.8 Å². The maximum absolute atomic E-state index is 12.7. The Hall–Kier alpha value is -1.92. The largest absolute Gasteiger partial charge is 0.392 e. The lowest BCUT2D eigenvalue weighted by Gasteiger charge is -2.08. The average molecular weight is 292 g/mol. The van der Waals surface area contributed by atoms with Gasteiger partial charge in [0.05, 0.1) is 24.2 Å². The Labute approximate surface area is 120 Å². The summed E-state index contributed by atoms with van der Waals surface area (Å²) in [5.41, 5.74) is 1.11. The van der Waals surface area contributed by atoms with Crippen LogP contribution in [0.15, 0.2) is 47.6 Å². The highest BCUT2D eigenvalue weighted by Crippen LogP contribution is 2.19. The number of aliphatic hydroxyl groups is 1. The number of hydrogen-bond acceptors (Lipinski definition) is 4. The highest BCUT2D eigenvalue weighted by atomic mass is 32.2. The van der Waals surface area contributed by atoms with Crippen LogP contribution < -0.4 is 5.32 Å². The van der Waals surface area contributed by atoms with Gasteiger partial charge >= 0.3 is 0 Å². The summed E-state index contributed by atoms with van der Waals surface area (Å²) in [6.45, 7) is -0.163. The SMILES string of the molecule is O=C(CSc1ccc(F)cc1)Nc1cnccc1CO. The van der Waals surface area contributed by atoms with Crippen molar-refractivity contribution in [3.8, 4) is 0 Å². The van der Waals surface area contributed by atoms with Crippen LogP contribution in [0.1, 0.15) is 5.56 Å². The molecule has 1 amide bonds. The molecule has 20 heavy (non-hydrogen) atoms. The quantitative estimate of drug-likeness (QED) is 0.831. The van der Waals surface area contributed by atoms with E-state index in [1.165, 1.54) is 30.1 Å². The summed E-state index contributed by atoms with van der Waals surface area (Å²) in [4.78, 5) is 16.5. The number of nitrogens with zero attached hydrogens (tertiary/aromatic N) is 1. The molecule has 2 aromatic rings. The van der Waals surface area contributed by atoms with E-state index in [1.54, 1.807) is 24.4 Å². The number of hydrogen-bond donors (Lipinski definition) is 2. The van der Waals surface area contributed by atoms with Gasteiger partial charge in [-0.3, -0.25) is 9.78 Å². The van der Waals surface area contributed by atoms with Crippen LogP contribution in [0.4, 0.5) is 10.1 Å². The third kappa shape index (κ3) is 4.04. The summed E-state index contributed by atoms with van der Waals surface area (Å²) in [6.07, 6.45) is 3.04. The third-order valence-electron chi connectivity index (χ3n) is 2.54. The van der Waals surface area contributed by atoms with E-state index in [2.05, 4.69) is 10.3 Å². The molecule has 2 rings (SSSR count). The third-order valence-corrected chi connectivity index (χ3v) is 3.55. The van der Waals surface area contributed by atoms with Crippen molar-refractivity contribution in [3.63, 3.8) is 0 Å². The van der Waals surface area contributed by atoms with Crippen molar-refractivity contribution >= 4 is 23.4 Å². The molecule has 0 unspecified atom stereocenters. The fourth-order valence-corrected chi connectivity index (χ4v) is 2.24. The zero-order valence-corrected chi connectivity index (χ0v) is 11.4. The summed E-state index contributed by atoms with van der Waals surface area (Å²) < 4.78 is 12.7. The van der Waals surface area contributed by atoms with Crippen molar-refractivity contribution in [2.75, 3.05) is 11.1 Å². The molecule has 0 aliphatic carbocycles. The Kier molecular flexibility index (Phi) is 5.09. The molecular weight excluding hydrogens is 279 g/mol. The number of carbonyl (C=O) groups excluding carboxylic acids is 1. The van der Waals surface area contributed by atoms with Crippen LogP contribution in [0.3, 0.4) is 0 Å². The minimum atomic E-state index is -0.304. The number of thioether (sulfide) groups is 1. The average Bonchev–Trinajstić information content (AvgIpc) is 2.47. The van der Waals surface area contributed by atoms with Gasteiger partial charge in [0, 0.05) is 16.7 Å². The number of rotatable bonds is 5. The van der Waals surface area contributed by atoms with E-state index in [0.29, 0.717) is 11.3 Å². The van der Waals surface area contributed by atoms with E-state index in [9.17, 15) is 9.18 Å². The van der Waals surface area contributed by atoms with Gasteiger partial charge in [-0.2, -0.15) is 0 Å². The predicted molar refractivity (Wildman–Crippen MR) is 75.9 cm³/mol. The van der Waals surface area contributed by atoms with Crippen LogP contribution in [0.25, 0.3) is 0 Å². The number of pyridine rings is 1. The Bertz CT molecular complexity index is 590. The summed E-state index contributed by atoms with van der Waals surface area (Å²) in [7, 11) is 0. The van der Waals surface area contributed by atoms with Crippen molar-refractivity contribution in [3.05, 3.63) is 54.1 Å². The molecule has 0 atom stereocenters. The van der Waals surface area contributed by atoms with Crippen molar-refractivity contribution in [2.24, 2.45) is 0 Å². The number of halogens is 1. The number of amides is 1. The topological polar surface area (TPSA) is 62.2 Å². The first kappa shape index (κ1) is 14.5. The van der Waals surface area contributed by atoms with E-state index in [0.717, 1.165) is 4.90 Å². The molecule has 1 aromatic heterocycles. The second-order valence-electron chi connectivity index (χ2n) is 3.98. The van der Waals surface area contributed by atoms with Crippen molar-refractivity contribution in [1.29, 1.82) is 0 Å². The molecule has 0 bridgehead atoms. The van der Waals surface area contributed by atoms with Crippen molar-refractivity contribution in [2.45, 2.75) is 11.5 Å². The molecule has 2 N–H and O–H groups in total. The molecule has 0 fully saturated rings. The molecule has 0 saturated heterocycles. The molecule has 0 aliphatic heterocycles. The molecule has 4 nitrogen and oxygen atoms in total. The lowest BCUT2D eigenvalue weighted by Crippen LogP contribution is -2.15. The first-order chi connectivity index (χ1) is 9.69. The Morgan fingerprint density at radius 1 is 1.30 bits per heavy atom. The number of carbonyl (C=O) groups is 1. The van der Waals surface area contributed by atoms with Crippen molar-refractivity contribution < 1.29 is 14.3 Å². The Morgan fingerprint density at radius 3 is 2.75 bits per heavy atom. The van der Waals surface area contributed by atoms with Crippen LogP contribution in [0.2, 0.25) is 0 Å². The van der Waals surface area contributed by atoms with Gasteiger partial charge in [-0.15, -0.1) is 11.8 Å². The van der Waals surface area contributed by atoms with E-state index >= 15 is 0 Å². The number of benzene rings is 1. The van der Waals surface area contributed by atoms with Gasteiger partial charge in [0.2, 0.25) is 5.91 Å². The molecular formula is C14H13FN2O2S. The van der Waals surface area contributed by atoms with Crippen LogP contribution in [-0.4, -0.2) is 21.8 Å². The highest BCUT2D eigenvalue weighted by Gasteiger charge is 2.07. The number of aliphatic hydroxyl groups excluding tert-OH is 1. The van der Waals surface area contributed by atoms with Gasteiger partial charge in [-0.05, 0) is 30.3 Å². The fraction of sp³-hybridized carbons (Fsp3) is 0.143. The highest BCUT2D eigenvalue weighted by molar-refractivity contribution is 8.00. The molecule has 1 aromatic carbocycles. The first-order valence-corrected chi connectivity index (χ1v) is 6.89. The molecule has 0 radical (unpaired) electrons. The van der Waals surface area contributed by atoms with Gasteiger partial charge in [-0.25, -0.2) is 4.39 Å². The number of anilines is 1. The van der Waals surface area contributed by atoms with Gasteiger partial charge in [-0.1, -0.05) is 0 Å². The number of aromatic nitrogens is 1. The summed E-state index contributed by atoms with van der Waals surface area (Å²) >= 11 is 1.31. The molecule has 104 valence electrons. The van der Waals surface area contributed by atoms with E-state index in [1.807, 2.05) is 0 Å². The first-order valence-electron chi connectivity index (χ1n) is 5.91. The van der Waals surface area contributed by atoms with E-state index in [4.69, 9.17) is 5.11 Å². The monoisotopic (exact) mass is 292 g/mol. The van der Waals surface area contributed by atoms with Crippen LogP contribution in [-0.2, 0) is 11.4 Å². The Balaban J connectivity index is 1.91. The second kappa shape index (κ2) is 7.02. The fourth-order valence-electron chi connectivity index (χ4n) is 1.54. The summed E-state index contributed by atoms with van der Waals surface area (Å²) in [5, 5.41) is 11.8. The smallest absolute Gasteiger partial charge is 0.234 e. The van der Waals surface area contributed by atoms with E-state index < -0.39 is 0 Å². The summed E-state index contributed by atoms with van der Waals surface area (Å²) in [6, 6.07) is 7.59. The zero-order valence-electron chi connectivity index (χ0n) is 10.5. The maximum atomic E-state index is 12.7. The van der Waals surface area contributed by atoms with Gasteiger partial charge in [0.1, 0.15) is 5.82 Å². The molecule has 0 spiro atoms. The normalized spacial score (nSPS) is 10.3. The van der Waals surface area contributed by atoms with Crippen molar-refractivity contribution in [1.82, 2.24) is 4.98 Å². The van der Waals surface area contributed by atoms with Gasteiger partial charge in [0.15, 0.2) is 0 Å². The zero-order chi connectivity index (χ0) is 14.4. The second-order valence-corrected chi connectivity index (χ2v) is 5.03. The predicted octanol–water partition coefficient (Wildman–Crippen LogP) is 2.44. The molecule has 1 heterocycles. The van der Waals surface area contributed by atoms with Crippen LogP contribution in [0.5, 0.6) is 0 Å². The minimum Gasteiger partial charge on any atom is -0.392 e. The van der Waals surface area contributed by atoms with Gasteiger partial charge < -0.3 is 10.4 Å². The lowest BCUT2D eigenvalue weighted by molar-refractivity contribution is -0.113. The molecule has 6 heteroatoms. The van der Waals surface area contributed by atoms with Crippen LogP contribution in [0, 0.1) is 5.82 Å². The molecule has 0 saturated carbocycles.